The second kappa shape index (κ2) is 2.27. The van der Waals surface area contributed by atoms with Crippen LogP contribution in [0.5, 0.6) is 0 Å². The Labute approximate surface area is 56.1 Å². The van der Waals surface area contributed by atoms with Gasteiger partial charge in [-0.1, -0.05) is 6.42 Å². The molecule has 2 heteroatoms. The van der Waals surface area contributed by atoms with Crippen LogP contribution in [-0.4, -0.2) is 17.3 Å². The second-order valence-electron chi connectivity index (χ2n) is 3.28. The molecule has 0 heterocycles. The summed E-state index contributed by atoms with van der Waals surface area (Å²) in [5, 5.41) is 8.82. The summed E-state index contributed by atoms with van der Waals surface area (Å²) in [7, 11) is 0. The van der Waals surface area contributed by atoms with E-state index in [-0.39, 0.29) is 12.1 Å². The van der Waals surface area contributed by atoms with Crippen molar-refractivity contribution in [2.75, 3.05) is 6.61 Å². The van der Waals surface area contributed by atoms with Crippen LogP contribution in [-0.2, 0) is 0 Å². The second-order valence-corrected chi connectivity index (χ2v) is 3.28. The van der Waals surface area contributed by atoms with Crippen LogP contribution in [0.4, 0.5) is 0 Å². The van der Waals surface area contributed by atoms with Crippen molar-refractivity contribution in [2.24, 2.45) is 11.7 Å². The first kappa shape index (κ1) is 7.03. The molecule has 1 rings (SSSR count). The first-order valence-corrected chi connectivity index (χ1v) is 3.56. The highest BCUT2D eigenvalue weighted by Gasteiger charge is 2.34. The average Bonchev–Trinajstić information content (AvgIpc) is 2.08. The summed E-state index contributed by atoms with van der Waals surface area (Å²) in [5.74, 6) is 0.345. The van der Waals surface area contributed by atoms with Crippen LogP contribution in [0.3, 0.4) is 0 Å². The van der Waals surface area contributed by atoms with Gasteiger partial charge in [-0.15, -0.1) is 0 Å². The largest absolute Gasteiger partial charge is 0.396 e. The molecular formula is C7H15NO. The van der Waals surface area contributed by atoms with E-state index in [0.29, 0.717) is 5.92 Å². The zero-order valence-electron chi connectivity index (χ0n) is 5.93. The van der Waals surface area contributed by atoms with Gasteiger partial charge in [-0.2, -0.15) is 0 Å². The molecule has 9 heavy (non-hydrogen) atoms. The van der Waals surface area contributed by atoms with Crippen LogP contribution in [0, 0.1) is 5.92 Å². The molecule has 0 aromatic carbocycles. The first-order valence-electron chi connectivity index (χ1n) is 3.56. The molecule has 0 aliphatic heterocycles. The van der Waals surface area contributed by atoms with Crippen molar-refractivity contribution >= 4 is 0 Å². The maximum Gasteiger partial charge on any atom is 0.0476 e. The van der Waals surface area contributed by atoms with E-state index in [1.807, 2.05) is 6.92 Å². The van der Waals surface area contributed by atoms with E-state index in [0.717, 1.165) is 12.8 Å². The standard InChI is InChI=1S/C7H15NO/c1-7(8)4-2-3-6(7)5-9/h6,9H,2-5,8H2,1H3/t6-,7+/m0/s1. The summed E-state index contributed by atoms with van der Waals surface area (Å²) in [6, 6.07) is 0. The molecule has 2 atom stereocenters. The fraction of sp³-hybridized carbons (Fsp3) is 1.00. The Morgan fingerprint density at radius 2 is 2.44 bits per heavy atom. The zero-order valence-corrected chi connectivity index (χ0v) is 5.93. The van der Waals surface area contributed by atoms with E-state index in [1.165, 1.54) is 6.42 Å². The minimum Gasteiger partial charge on any atom is -0.396 e. The monoisotopic (exact) mass is 129 g/mol. The number of hydrogen-bond acceptors (Lipinski definition) is 2. The van der Waals surface area contributed by atoms with Gasteiger partial charge in [0.1, 0.15) is 0 Å². The Kier molecular flexibility index (Phi) is 1.78. The molecule has 0 radical (unpaired) electrons. The minimum atomic E-state index is -0.0885. The summed E-state index contributed by atoms with van der Waals surface area (Å²) < 4.78 is 0. The van der Waals surface area contributed by atoms with Crippen LogP contribution in [0.15, 0.2) is 0 Å². The van der Waals surface area contributed by atoms with Crippen molar-refractivity contribution in [1.29, 1.82) is 0 Å². The molecule has 0 unspecified atom stereocenters. The van der Waals surface area contributed by atoms with Crippen molar-refractivity contribution in [1.82, 2.24) is 0 Å². The number of aliphatic hydroxyl groups is 1. The van der Waals surface area contributed by atoms with Crippen LogP contribution in [0.2, 0.25) is 0 Å². The molecule has 1 fully saturated rings. The van der Waals surface area contributed by atoms with Crippen LogP contribution < -0.4 is 5.73 Å². The number of hydrogen-bond donors (Lipinski definition) is 2. The fourth-order valence-corrected chi connectivity index (χ4v) is 1.56. The van der Waals surface area contributed by atoms with Gasteiger partial charge in [-0.25, -0.2) is 0 Å². The SMILES string of the molecule is C[C@@]1(N)CCC[C@H]1CO. The molecule has 0 aromatic heterocycles. The van der Waals surface area contributed by atoms with Gasteiger partial charge in [-0.05, 0) is 25.7 Å². The summed E-state index contributed by atoms with van der Waals surface area (Å²) >= 11 is 0. The third-order valence-electron chi connectivity index (χ3n) is 2.42. The smallest absolute Gasteiger partial charge is 0.0476 e. The Hall–Kier alpha value is -0.0800. The van der Waals surface area contributed by atoms with Gasteiger partial charge in [0.25, 0.3) is 0 Å². The van der Waals surface area contributed by atoms with E-state index in [4.69, 9.17) is 10.8 Å². The molecule has 0 amide bonds. The summed E-state index contributed by atoms with van der Waals surface area (Å²) in [6.45, 7) is 2.29. The lowest BCUT2D eigenvalue weighted by molar-refractivity contribution is 0.183. The van der Waals surface area contributed by atoms with E-state index < -0.39 is 0 Å². The summed E-state index contributed by atoms with van der Waals surface area (Å²) in [5.41, 5.74) is 5.78. The van der Waals surface area contributed by atoms with Crippen molar-refractivity contribution in [3.05, 3.63) is 0 Å². The van der Waals surface area contributed by atoms with Crippen LogP contribution in [0.25, 0.3) is 0 Å². The highest BCUT2D eigenvalue weighted by molar-refractivity contribution is 4.91. The molecular weight excluding hydrogens is 114 g/mol. The van der Waals surface area contributed by atoms with E-state index in [2.05, 4.69) is 0 Å². The van der Waals surface area contributed by atoms with Gasteiger partial charge >= 0.3 is 0 Å². The molecule has 0 bridgehead atoms. The maximum atomic E-state index is 8.82. The molecule has 0 saturated heterocycles. The zero-order chi connectivity index (χ0) is 6.91. The molecule has 0 spiro atoms. The fourth-order valence-electron chi connectivity index (χ4n) is 1.56. The third-order valence-corrected chi connectivity index (χ3v) is 2.42. The molecule has 2 nitrogen and oxygen atoms in total. The van der Waals surface area contributed by atoms with Crippen molar-refractivity contribution in [3.63, 3.8) is 0 Å². The molecule has 1 aliphatic carbocycles. The topological polar surface area (TPSA) is 46.2 Å². The average molecular weight is 129 g/mol. The van der Waals surface area contributed by atoms with Gasteiger partial charge in [0.15, 0.2) is 0 Å². The van der Waals surface area contributed by atoms with E-state index in [9.17, 15) is 0 Å². The number of rotatable bonds is 1. The van der Waals surface area contributed by atoms with Crippen molar-refractivity contribution in [2.45, 2.75) is 31.7 Å². The molecule has 1 aliphatic rings. The lowest BCUT2D eigenvalue weighted by Crippen LogP contribution is -2.41. The summed E-state index contributed by atoms with van der Waals surface area (Å²) in [4.78, 5) is 0. The predicted molar refractivity (Wildman–Crippen MR) is 37.0 cm³/mol. The predicted octanol–water partition coefficient (Wildman–Crippen LogP) is 0.496. The lowest BCUT2D eigenvalue weighted by atomic mass is 9.91. The van der Waals surface area contributed by atoms with Crippen LogP contribution >= 0.6 is 0 Å². The highest BCUT2D eigenvalue weighted by atomic mass is 16.3. The number of aliphatic hydroxyl groups excluding tert-OH is 1. The van der Waals surface area contributed by atoms with Crippen molar-refractivity contribution < 1.29 is 5.11 Å². The van der Waals surface area contributed by atoms with E-state index >= 15 is 0 Å². The number of nitrogens with two attached hydrogens (primary N) is 1. The molecule has 3 N–H and O–H groups in total. The minimum absolute atomic E-state index is 0.0885. The van der Waals surface area contributed by atoms with Crippen molar-refractivity contribution in [3.8, 4) is 0 Å². The van der Waals surface area contributed by atoms with Crippen LogP contribution in [0.1, 0.15) is 26.2 Å². The van der Waals surface area contributed by atoms with Gasteiger partial charge in [0.05, 0.1) is 0 Å². The van der Waals surface area contributed by atoms with Gasteiger partial charge in [-0.3, -0.25) is 0 Å². The Balaban J connectivity index is 2.52. The quantitative estimate of drug-likeness (QED) is 0.541. The Bertz CT molecular complexity index is 101. The lowest BCUT2D eigenvalue weighted by Gasteiger charge is -2.24. The normalized spacial score (nSPS) is 43.7. The van der Waals surface area contributed by atoms with Gasteiger partial charge in [0, 0.05) is 12.1 Å². The van der Waals surface area contributed by atoms with Gasteiger partial charge in [0.2, 0.25) is 0 Å². The highest BCUT2D eigenvalue weighted by Crippen LogP contribution is 2.32. The molecule has 1 saturated carbocycles. The van der Waals surface area contributed by atoms with E-state index in [1.54, 1.807) is 0 Å². The van der Waals surface area contributed by atoms with Gasteiger partial charge < -0.3 is 10.8 Å². The first-order chi connectivity index (χ1) is 4.17. The third kappa shape index (κ3) is 1.25. The Morgan fingerprint density at radius 3 is 2.67 bits per heavy atom. The Morgan fingerprint density at radius 1 is 1.78 bits per heavy atom. The molecule has 0 aromatic rings. The summed E-state index contributed by atoms with van der Waals surface area (Å²) in [6.07, 6.45) is 3.35. The molecule has 54 valence electrons. The maximum absolute atomic E-state index is 8.82.